The maximum absolute atomic E-state index is 14.2. The summed E-state index contributed by atoms with van der Waals surface area (Å²) in [4.78, 5) is 54.2. The van der Waals surface area contributed by atoms with Gasteiger partial charge in [-0.15, -0.1) is 0 Å². The molecule has 9 nitrogen and oxygen atoms in total. The van der Waals surface area contributed by atoms with Crippen LogP contribution in [-0.4, -0.2) is 46.4 Å². The van der Waals surface area contributed by atoms with Crippen LogP contribution in [0.5, 0.6) is 0 Å². The van der Waals surface area contributed by atoms with E-state index in [2.05, 4.69) is 10.6 Å². The van der Waals surface area contributed by atoms with Gasteiger partial charge in [0.2, 0.25) is 11.8 Å². The molecule has 2 aromatic carbocycles. The Morgan fingerprint density at radius 1 is 1.05 bits per heavy atom. The minimum atomic E-state index is -1.35. The van der Waals surface area contributed by atoms with E-state index in [1.807, 2.05) is 39.0 Å². The Kier molecular flexibility index (Phi) is 11.5. The van der Waals surface area contributed by atoms with E-state index >= 15 is 0 Å². The molecule has 0 saturated carbocycles. The van der Waals surface area contributed by atoms with Crippen molar-refractivity contribution in [2.75, 3.05) is 5.32 Å². The number of para-hydroxylation sites is 1. The quantitative estimate of drug-likeness (QED) is 0.337. The maximum atomic E-state index is 14.2. The summed E-state index contributed by atoms with van der Waals surface area (Å²) >= 11 is 6.41. The standard InChI is InChI=1S/C30H41ClN4O5/c1-8-19(4)35(28(38)23(17-24(32)36)33-29(39)40-30(5,6)7)26(21-15-13-20(9-2)14-16-21)27(37)34-25-18(3)11-10-12-22(25)31/h10-16,19,23,26H,8-9,17H2,1-7H3,(H2,32,36)(H,33,39)(H,34,37). The molecule has 0 aromatic heterocycles. The number of aryl methyl sites for hydroxylation is 2. The molecule has 2 rings (SSSR count). The first-order chi connectivity index (χ1) is 18.7. The lowest BCUT2D eigenvalue weighted by Crippen LogP contribution is -2.55. The summed E-state index contributed by atoms with van der Waals surface area (Å²) in [5.74, 6) is -1.93. The molecule has 4 amide bonds. The van der Waals surface area contributed by atoms with Gasteiger partial charge in [0, 0.05) is 6.04 Å². The minimum absolute atomic E-state index is 0.355. The minimum Gasteiger partial charge on any atom is -0.444 e. The van der Waals surface area contributed by atoms with Crippen molar-refractivity contribution in [2.24, 2.45) is 5.73 Å². The number of anilines is 1. The van der Waals surface area contributed by atoms with E-state index in [-0.39, 0.29) is 0 Å². The van der Waals surface area contributed by atoms with Gasteiger partial charge in [-0.05, 0) is 70.2 Å². The highest BCUT2D eigenvalue weighted by molar-refractivity contribution is 6.34. The van der Waals surface area contributed by atoms with Crippen LogP contribution < -0.4 is 16.4 Å². The molecule has 0 aliphatic carbocycles. The van der Waals surface area contributed by atoms with Crippen LogP contribution in [0.15, 0.2) is 42.5 Å². The number of carbonyl (C=O) groups is 4. The molecule has 3 atom stereocenters. The number of nitrogens with one attached hydrogen (secondary N) is 2. The van der Waals surface area contributed by atoms with Crippen molar-refractivity contribution in [3.8, 4) is 0 Å². The van der Waals surface area contributed by atoms with Crippen LogP contribution in [0.1, 0.15) is 77.1 Å². The number of nitrogens with two attached hydrogens (primary N) is 1. The molecule has 218 valence electrons. The van der Waals surface area contributed by atoms with Crippen molar-refractivity contribution >= 4 is 41.1 Å². The Balaban J connectivity index is 2.62. The van der Waals surface area contributed by atoms with Gasteiger partial charge >= 0.3 is 6.09 Å². The highest BCUT2D eigenvalue weighted by Gasteiger charge is 2.39. The van der Waals surface area contributed by atoms with Gasteiger partial charge in [0.1, 0.15) is 17.7 Å². The number of ether oxygens (including phenoxy) is 1. The van der Waals surface area contributed by atoms with E-state index in [1.165, 1.54) is 4.90 Å². The number of hydrogen-bond donors (Lipinski definition) is 3. The van der Waals surface area contributed by atoms with Crippen LogP contribution in [0, 0.1) is 6.92 Å². The van der Waals surface area contributed by atoms with Gasteiger partial charge in [0.15, 0.2) is 0 Å². The number of primary amides is 1. The molecule has 2 aromatic rings. The van der Waals surface area contributed by atoms with Gasteiger partial charge in [0.05, 0.1) is 17.1 Å². The largest absolute Gasteiger partial charge is 0.444 e. The third-order valence-corrected chi connectivity index (χ3v) is 6.73. The smallest absolute Gasteiger partial charge is 0.408 e. The van der Waals surface area contributed by atoms with Crippen LogP contribution >= 0.6 is 11.6 Å². The maximum Gasteiger partial charge on any atom is 0.408 e. The number of benzene rings is 2. The Labute approximate surface area is 241 Å². The van der Waals surface area contributed by atoms with Crippen LogP contribution in [-0.2, 0) is 25.5 Å². The number of carbonyl (C=O) groups excluding carboxylic acids is 4. The summed E-state index contributed by atoms with van der Waals surface area (Å²) < 4.78 is 5.32. The van der Waals surface area contributed by atoms with Crippen molar-refractivity contribution in [1.82, 2.24) is 10.2 Å². The zero-order valence-corrected chi connectivity index (χ0v) is 25.1. The molecule has 3 unspecified atom stereocenters. The van der Waals surface area contributed by atoms with E-state index in [1.54, 1.807) is 52.0 Å². The zero-order chi connectivity index (χ0) is 30.2. The Morgan fingerprint density at radius 3 is 2.17 bits per heavy atom. The molecular formula is C30H41ClN4O5. The highest BCUT2D eigenvalue weighted by atomic mass is 35.5. The predicted molar refractivity (Wildman–Crippen MR) is 157 cm³/mol. The van der Waals surface area contributed by atoms with Gasteiger partial charge in [-0.25, -0.2) is 4.79 Å². The van der Waals surface area contributed by atoms with Crippen LogP contribution in [0.25, 0.3) is 0 Å². The van der Waals surface area contributed by atoms with E-state index < -0.39 is 54.0 Å². The molecule has 0 fully saturated rings. The average molecular weight is 573 g/mol. The van der Waals surface area contributed by atoms with Gasteiger partial charge in [0.25, 0.3) is 5.91 Å². The number of hydrogen-bond acceptors (Lipinski definition) is 5. The number of alkyl carbamates (subject to hydrolysis) is 1. The summed E-state index contributed by atoms with van der Waals surface area (Å²) in [7, 11) is 0. The number of rotatable bonds is 11. The summed E-state index contributed by atoms with van der Waals surface area (Å²) in [5, 5.41) is 5.75. The molecule has 0 bridgehead atoms. The molecule has 10 heteroatoms. The van der Waals surface area contributed by atoms with E-state index in [0.717, 1.165) is 17.5 Å². The Morgan fingerprint density at radius 2 is 1.68 bits per heavy atom. The monoisotopic (exact) mass is 572 g/mol. The van der Waals surface area contributed by atoms with Crippen molar-refractivity contribution in [2.45, 2.75) is 91.5 Å². The van der Waals surface area contributed by atoms with Crippen molar-refractivity contribution in [3.05, 3.63) is 64.2 Å². The molecule has 0 saturated heterocycles. The van der Waals surface area contributed by atoms with E-state index in [4.69, 9.17) is 22.1 Å². The predicted octanol–water partition coefficient (Wildman–Crippen LogP) is 5.29. The van der Waals surface area contributed by atoms with Gasteiger partial charge in [-0.1, -0.05) is 61.8 Å². The second-order valence-corrected chi connectivity index (χ2v) is 11.2. The second kappa shape index (κ2) is 14.2. The van der Waals surface area contributed by atoms with Crippen molar-refractivity contribution in [3.63, 3.8) is 0 Å². The van der Waals surface area contributed by atoms with Crippen LogP contribution in [0.2, 0.25) is 5.02 Å². The van der Waals surface area contributed by atoms with Gasteiger partial charge < -0.3 is 26.0 Å². The first kappa shape index (κ1) is 32.6. The first-order valence-electron chi connectivity index (χ1n) is 13.4. The fraction of sp³-hybridized carbons (Fsp3) is 0.467. The molecule has 40 heavy (non-hydrogen) atoms. The zero-order valence-electron chi connectivity index (χ0n) is 24.3. The Hall–Kier alpha value is -3.59. The lowest BCUT2D eigenvalue weighted by atomic mass is 9.97. The third kappa shape index (κ3) is 8.98. The van der Waals surface area contributed by atoms with Crippen LogP contribution in [0.3, 0.4) is 0 Å². The van der Waals surface area contributed by atoms with Crippen LogP contribution in [0.4, 0.5) is 10.5 Å². The molecule has 0 aliphatic heterocycles. The fourth-order valence-electron chi connectivity index (χ4n) is 4.18. The molecule has 0 radical (unpaired) electrons. The first-order valence-corrected chi connectivity index (χ1v) is 13.8. The lowest BCUT2D eigenvalue weighted by Gasteiger charge is -2.38. The Bertz CT molecular complexity index is 1190. The molecule has 0 aliphatic rings. The normalized spacial score (nSPS) is 13.5. The SMILES string of the molecule is CCc1ccc(C(C(=O)Nc2c(C)cccc2Cl)N(C(=O)C(CC(N)=O)NC(=O)OC(C)(C)C)C(C)CC)cc1. The summed E-state index contributed by atoms with van der Waals surface area (Å²) in [6, 6.07) is 9.74. The number of amides is 4. The number of halogens is 1. The molecule has 0 spiro atoms. The fourth-order valence-corrected chi connectivity index (χ4v) is 4.45. The third-order valence-electron chi connectivity index (χ3n) is 6.41. The lowest BCUT2D eigenvalue weighted by molar-refractivity contribution is -0.144. The van der Waals surface area contributed by atoms with Crippen molar-refractivity contribution in [1.29, 1.82) is 0 Å². The molecule has 4 N–H and O–H groups in total. The molecule has 0 heterocycles. The summed E-state index contributed by atoms with van der Waals surface area (Å²) in [6.45, 7) is 12.6. The van der Waals surface area contributed by atoms with Gasteiger partial charge in [-0.2, -0.15) is 0 Å². The molecular weight excluding hydrogens is 532 g/mol. The summed E-state index contributed by atoms with van der Waals surface area (Å²) in [6.07, 6.45) is -0.0674. The van der Waals surface area contributed by atoms with Gasteiger partial charge in [-0.3, -0.25) is 14.4 Å². The van der Waals surface area contributed by atoms with E-state index in [0.29, 0.717) is 22.7 Å². The summed E-state index contributed by atoms with van der Waals surface area (Å²) in [5.41, 5.74) is 7.43. The topological polar surface area (TPSA) is 131 Å². The van der Waals surface area contributed by atoms with E-state index in [9.17, 15) is 19.2 Å². The van der Waals surface area contributed by atoms with Crippen molar-refractivity contribution < 1.29 is 23.9 Å². The highest BCUT2D eigenvalue weighted by Crippen LogP contribution is 2.31. The number of nitrogens with zero attached hydrogens (tertiary/aromatic N) is 1. The second-order valence-electron chi connectivity index (χ2n) is 10.8. The average Bonchev–Trinajstić information content (AvgIpc) is 2.87.